The molecule has 1 aliphatic heterocycles. The highest BCUT2D eigenvalue weighted by Crippen LogP contribution is 2.25. The van der Waals surface area contributed by atoms with Crippen molar-refractivity contribution in [3.8, 4) is 5.75 Å². The lowest BCUT2D eigenvalue weighted by Gasteiger charge is -2.30. The van der Waals surface area contributed by atoms with Crippen LogP contribution in [-0.2, 0) is 16.0 Å². The van der Waals surface area contributed by atoms with E-state index in [0.29, 0.717) is 25.9 Å². The maximum absolute atomic E-state index is 12.9. The summed E-state index contributed by atoms with van der Waals surface area (Å²) in [5.74, 6) is 0.814. The molecule has 0 bridgehead atoms. The molecule has 0 unspecified atom stereocenters. The van der Waals surface area contributed by atoms with Crippen LogP contribution in [0, 0.1) is 0 Å². The van der Waals surface area contributed by atoms with Crippen LogP contribution < -0.4 is 15.4 Å². The van der Waals surface area contributed by atoms with Gasteiger partial charge in [0.1, 0.15) is 5.75 Å². The van der Waals surface area contributed by atoms with Crippen molar-refractivity contribution < 1.29 is 14.3 Å². The predicted molar refractivity (Wildman–Crippen MR) is 118 cm³/mol. The number of benzene rings is 2. The molecule has 0 aromatic heterocycles. The number of nitrogens with two attached hydrogens (primary N) is 1. The van der Waals surface area contributed by atoms with Crippen LogP contribution in [0.5, 0.6) is 5.75 Å². The molecular formula is C24H31N3O3. The number of anilines is 1. The van der Waals surface area contributed by atoms with E-state index < -0.39 is 6.04 Å². The average molecular weight is 410 g/mol. The molecule has 0 spiro atoms. The van der Waals surface area contributed by atoms with Crippen molar-refractivity contribution in [2.24, 2.45) is 5.73 Å². The number of likely N-dealkylation sites (tertiary alicyclic amines) is 1. The molecule has 2 N–H and O–H groups in total. The standard InChI is InChI=1S/C24H31N3O3/c1-3-7-23(28)27(19-8-5-4-6-9-19)20-14-15-26(17-20)24(29)22(25)16-18-10-12-21(30-2)13-11-18/h4-6,8-13,20,22H,3,7,14-17,25H2,1-2H3/t20-,22-/m1/s1. The second kappa shape index (κ2) is 10.3. The average Bonchev–Trinajstić information content (AvgIpc) is 3.24. The monoisotopic (exact) mass is 409 g/mol. The van der Waals surface area contributed by atoms with E-state index in [-0.39, 0.29) is 17.9 Å². The summed E-state index contributed by atoms with van der Waals surface area (Å²) in [5.41, 5.74) is 8.12. The molecule has 3 rings (SSSR count). The van der Waals surface area contributed by atoms with Gasteiger partial charge in [-0.05, 0) is 49.1 Å². The Labute approximate surface area is 178 Å². The van der Waals surface area contributed by atoms with Crippen LogP contribution in [0.25, 0.3) is 0 Å². The predicted octanol–water partition coefficient (Wildman–Crippen LogP) is 3.00. The quantitative estimate of drug-likeness (QED) is 0.727. The number of para-hydroxylation sites is 1. The number of ether oxygens (including phenoxy) is 1. The molecule has 0 aliphatic carbocycles. The van der Waals surface area contributed by atoms with Gasteiger partial charge in [-0.25, -0.2) is 0 Å². The first-order valence-electron chi connectivity index (χ1n) is 10.6. The van der Waals surface area contributed by atoms with Gasteiger partial charge in [-0.2, -0.15) is 0 Å². The van der Waals surface area contributed by atoms with Gasteiger partial charge in [0, 0.05) is 25.2 Å². The van der Waals surface area contributed by atoms with Crippen LogP contribution in [0.1, 0.15) is 31.7 Å². The first-order valence-corrected chi connectivity index (χ1v) is 10.6. The Bertz CT molecular complexity index is 839. The van der Waals surface area contributed by atoms with Crippen molar-refractivity contribution in [2.75, 3.05) is 25.1 Å². The molecule has 30 heavy (non-hydrogen) atoms. The van der Waals surface area contributed by atoms with Gasteiger partial charge in [0.05, 0.1) is 19.2 Å². The lowest BCUT2D eigenvalue weighted by molar-refractivity contribution is -0.131. The Hall–Kier alpha value is -2.86. The summed E-state index contributed by atoms with van der Waals surface area (Å²) in [7, 11) is 1.62. The van der Waals surface area contributed by atoms with Crippen LogP contribution in [0.15, 0.2) is 54.6 Å². The van der Waals surface area contributed by atoms with E-state index in [4.69, 9.17) is 10.5 Å². The minimum absolute atomic E-state index is 0.0245. The van der Waals surface area contributed by atoms with Crippen molar-refractivity contribution in [2.45, 2.75) is 44.7 Å². The van der Waals surface area contributed by atoms with Gasteiger partial charge in [0.15, 0.2) is 0 Å². The van der Waals surface area contributed by atoms with Crippen molar-refractivity contribution in [1.29, 1.82) is 0 Å². The maximum Gasteiger partial charge on any atom is 0.239 e. The van der Waals surface area contributed by atoms with Gasteiger partial charge in [-0.1, -0.05) is 37.3 Å². The van der Waals surface area contributed by atoms with E-state index in [9.17, 15) is 9.59 Å². The summed E-state index contributed by atoms with van der Waals surface area (Å²) >= 11 is 0. The Morgan fingerprint density at radius 2 is 1.87 bits per heavy atom. The summed E-state index contributed by atoms with van der Waals surface area (Å²) < 4.78 is 5.17. The zero-order valence-corrected chi connectivity index (χ0v) is 17.8. The number of methoxy groups -OCH3 is 1. The number of carbonyl (C=O) groups excluding carboxylic acids is 2. The number of nitrogens with zero attached hydrogens (tertiary/aromatic N) is 2. The van der Waals surface area contributed by atoms with E-state index in [0.717, 1.165) is 29.8 Å². The number of rotatable bonds is 8. The topological polar surface area (TPSA) is 75.9 Å². The molecule has 2 aromatic carbocycles. The molecule has 1 fully saturated rings. The third-order valence-corrected chi connectivity index (χ3v) is 5.54. The lowest BCUT2D eigenvalue weighted by atomic mass is 10.1. The molecule has 160 valence electrons. The minimum atomic E-state index is -0.603. The minimum Gasteiger partial charge on any atom is -0.497 e. The lowest BCUT2D eigenvalue weighted by Crippen LogP contribution is -2.47. The molecule has 0 saturated carbocycles. The fraction of sp³-hybridized carbons (Fsp3) is 0.417. The summed E-state index contributed by atoms with van der Waals surface area (Å²) in [6.45, 7) is 3.13. The van der Waals surface area contributed by atoms with E-state index in [2.05, 4.69) is 0 Å². The van der Waals surface area contributed by atoms with Crippen molar-refractivity contribution in [3.05, 3.63) is 60.2 Å². The first kappa shape index (κ1) is 21.8. The Kier molecular flexibility index (Phi) is 7.46. The number of hydrogen-bond donors (Lipinski definition) is 1. The maximum atomic E-state index is 12.9. The Balaban J connectivity index is 1.65. The number of amides is 2. The van der Waals surface area contributed by atoms with Gasteiger partial charge in [0.25, 0.3) is 0 Å². The van der Waals surface area contributed by atoms with Crippen molar-refractivity contribution in [1.82, 2.24) is 4.90 Å². The summed E-state index contributed by atoms with van der Waals surface area (Å²) in [4.78, 5) is 29.4. The zero-order valence-electron chi connectivity index (χ0n) is 17.8. The van der Waals surface area contributed by atoms with E-state index >= 15 is 0 Å². The second-order valence-electron chi connectivity index (χ2n) is 7.73. The highest BCUT2D eigenvalue weighted by Gasteiger charge is 2.35. The van der Waals surface area contributed by atoms with Gasteiger partial charge in [-0.3, -0.25) is 9.59 Å². The molecular weight excluding hydrogens is 378 g/mol. The molecule has 1 aliphatic rings. The summed E-state index contributed by atoms with van der Waals surface area (Å²) in [6, 6.07) is 16.7. The zero-order chi connectivity index (χ0) is 21.5. The largest absolute Gasteiger partial charge is 0.497 e. The Morgan fingerprint density at radius 3 is 2.50 bits per heavy atom. The molecule has 1 saturated heterocycles. The molecule has 6 nitrogen and oxygen atoms in total. The SMILES string of the molecule is CCCC(=O)N(c1ccccc1)[C@@H]1CCN(C(=O)[C@H](N)Cc2ccc(OC)cc2)C1. The van der Waals surface area contributed by atoms with Gasteiger partial charge in [0.2, 0.25) is 11.8 Å². The summed E-state index contributed by atoms with van der Waals surface area (Å²) in [5, 5.41) is 0. The molecule has 2 atom stereocenters. The van der Waals surface area contributed by atoms with Crippen LogP contribution >= 0.6 is 0 Å². The van der Waals surface area contributed by atoms with Crippen LogP contribution in [0.2, 0.25) is 0 Å². The van der Waals surface area contributed by atoms with Gasteiger partial charge >= 0.3 is 0 Å². The first-order chi connectivity index (χ1) is 14.5. The number of hydrogen-bond acceptors (Lipinski definition) is 4. The highest BCUT2D eigenvalue weighted by molar-refractivity contribution is 5.94. The molecule has 0 radical (unpaired) electrons. The highest BCUT2D eigenvalue weighted by atomic mass is 16.5. The molecule has 2 amide bonds. The van der Waals surface area contributed by atoms with Crippen molar-refractivity contribution in [3.63, 3.8) is 0 Å². The summed E-state index contributed by atoms with van der Waals surface area (Å²) in [6.07, 6.45) is 2.52. The Morgan fingerprint density at radius 1 is 1.17 bits per heavy atom. The van der Waals surface area contributed by atoms with E-state index in [1.807, 2.05) is 66.4 Å². The molecule has 2 aromatic rings. The fourth-order valence-electron chi connectivity index (χ4n) is 3.97. The fourth-order valence-corrected chi connectivity index (χ4v) is 3.97. The molecule has 1 heterocycles. The normalized spacial score (nSPS) is 16.9. The number of carbonyl (C=O) groups is 2. The third kappa shape index (κ3) is 5.19. The van der Waals surface area contributed by atoms with E-state index in [1.165, 1.54) is 0 Å². The van der Waals surface area contributed by atoms with Crippen LogP contribution in [-0.4, -0.2) is 49.0 Å². The van der Waals surface area contributed by atoms with Crippen LogP contribution in [0.3, 0.4) is 0 Å². The molecule has 6 heteroatoms. The smallest absolute Gasteiger partial charge is 0.239 e. The van der Waals surface area contributed by atoms with E-state index in [1.54, 1.807) is 12.0 Å². The van der Waals surface area contributed by atoms with Gasteiger partial charge in [-0.15, -0.1) is 0 Å². The second-order valence-corrected chi connectivity index (χ2v) is 7.73. The van der Waals surface area contributed by atoms with Gasteiger partial charge < -0.3 is 20.3 Å². The third-order valence-electron chi connectivity index (χ3n) is 5.54. The van der Waals surface area contributed by atoms with Crippen molar-refractivity contribution >= 4 is 17.5 Å². The van der Waals surface area contributed by atoms with Crippen LogP contribution in [0.4, 0.5) is 5.69 Å².